The number of hydrogen-bond acceptors (Lipinski definition) is 2. The van der Waals surface area contributed by atoms with Crippen LogP contribution >= 0.6 is 0 Å². The first-order chi connectivity index (χ1) is 3.35. The van der Waals surface area contributed by atoms with Gasteiger partial charge in [-0.1, -0.05) is 6.92 Å². The molecule has 0 amide bonds. The number of hydrogen-bond donors (Lipinski definition) is 2. The number of aliphatic hydroxyl groups excluding tert-OH is 1. The lowest BCUT2D eigenvalue weighted by Crippen LogP contribution is -2.27. The molecule has 2 heteroatoms. The summed E-state index contributed by atoms with van der Waals surface area (Å²) in [5, 5.41) is 11.4. The van der Waals surface area contributed by atoms with E-state index < -0.39 is 0 Å². The second-order valence-corrected chi connectivity index (χ2v) is 1.58. The van der Waals surface area contributed by atoms with Crippen molar-refractivity contribution in [2.45, 2.75) is 19.4 Å². The van der Waals surface area contributed by atoms with Gasteiger partial charge in [0, 0.05) is 6.04 Å². The zero-order valence-corrected chi connectivity index (χ0v) is 4.94. The smallest absolute Gasteiger partial charge is 0.0584 e. The van der Waals surface area contributed by atoms with Crippen molar-refractivity contribution in [2.75, 3.05) is 13.7 Å². The molecule has 0 saturated heterocycles. The third-order valence-corrected chi connectivity index (χ3v) is 1.12. The zero-order valence-electron chi connectivity index (χ0n) is 4.94. The maximum absolute atomic E-state index is 8.46. The van der Waals surface area contributed by atoms with Crippen molar-refractivity contribution in [2.24, 2.45) is 0 Å². The summed E-state index contributed by atoms with van der Waals surface area (Å²) in [5.74, 6) is 0. The van der Waals surface area contributed by atoms with E-state index in [1.165, 1.54) is 0 Å². The highest BCUT2D eigenvalue weighted by Crippen LogP contribution is 1.84. The average molecular weight is 103 g/mol. The first-order valence-electron chi connectivity index (χ1n) is 2.63. The zero-order chi connectivity index (χ0) is 5.70. The molecule has 0 heterocycles. The van der Waals surface area contributed by atoms with E-state index in [9.17, 15) is 0 Å². The van der Waals surface area contributed by atoms with Crippen LogP contribution in [-0.2, 0) is 0 Å². The Morgan fingerprint density at radius 3 is 2.29 bits per heavy atom. The third kappa shape index (κ3) is 2.60. The van der Waals surface area contributed by atoms with Crippen LogP contribution in [0.3, 0.4) is 0 Å². The summed E-state index contributed by atoms with van der Waals surface area (Å²) >= 11 is 0. The Balaban J connectivity index is 2.99. The Hall–Kier alpha value is -0.0800. The molecule has 0 unspecified atom stereocenters. The minimum Gasteiger partial charge on any atom is -0.395 e. The highest BCUT2D eigenvalue weighted by molar-refractivity contribution is 4.56. The summed E-state index contributed by atoms with van der Waals surface area (Å²) in [6.07, 6.45) is 0.993. The first kappa shape index (κ1) is 6.92. The maximum Gasteiger partial charge on any atom is 0.0584 e. The van der Waals surface area contributed by atoms with Gasteiger partial charge >= 0.3 is 0 Å². The second kappa shape index (κ2) is 4.09. The van der Waals surface area contributed by atoms with Crippen LogP contribution in [0, 0.1) is 0 Å². The minimum atomic E-state index is 0.243. The van der Waals surface area contributed by atoms with Crippen LogP contribution in [0.4, 0.5) is 0 Å². The third-order valence-electron chi connectivity index (χ3n) is 1.12. The average Bonchev–Trinajstić information content (AvgIpc) is 1.72. The molecule has 0 rings (SSSR count). The van der Waals surface area contributed by atoms with Gasteiger partial charge in [-0.05, 0) is 13.5 Å². The van der Waals surface area contributed by atoms with Crippen molar-refractivity contribution >= 4 is 0 Å². The number of aliphatic hydroxyl groups is 1. The van der Waals surface area contributed by atoms with E-state index in [-0.39, 0.29) is 6.61 Å². The van der Waals surface area contributed by atoms with E-state index in [0.717, 1.165) is 6.42 Å². The van der Waals surface area contributed by atoms with Crippen molar-refractivity contribution in [3.8, 4) is 0 Å². The van der Waals surface area contributed by atoms with Gasteiger partial charge < -0.3 is 10.4 Å². The Kier molecular flexibility index (Phi) is 4.04. The van der Waals surface area contributed by atoms with Crippen LogP contribution in [0.15, 0.2) is 0 Å². The first-order valence-corrected chi connectivity index (χ1v) is 2.63. The quantitative estimate of drug-likeness (QED) is 0.526. The standard InChI is InChI=1S/C5H13NO/c1-3-5(4-7)6-2/h5-7H,3-4H2,1-2H3/t5-/m1/s1. The largest absolute Gasteiger partial charge is 0.395 e. The lowest BCUT2D eigenvalue weighted by atomic mass is 10.2. The topological polar surface area (TPSA) is 32.3 Å². The summed E-state index contributed by atoms with van der Waals surface area (Å²) < 4.78 is 0. The van der Waals surface area contributed by atoms with E-state index in [2.05, 4.69) is 5.32 Å². The molecule has 0 aliphatic heterocycles. The van der Waals surface area contributed by atoms with Gasteiger partial charge in [-0.25, -0.2) is 0 Å². The van der Waals surface area contributed by atoms with Gasteiger partial charge in [0.1, 0.15) is 0 Å². The van der Waals surface area contributed by atoms with Gasteiger partial charge in [-0.3, -0.25) is 0 Å². The van der Waals surface area contributed by atoms with Gasteiger partial charge in [-0.15, -0.1) is 0 Å². The summed E-state index contributed by atoms with van der Waals surface area (Å²) in [4.78, 5) is 0. The molecule has 0 aromatic rings. The molecule has 0 aromatic heterocycles. The fourth-order valence-electron chi connectivity index (χ4n) is 0.425. The molecule has 0 saturated carbocycles. The SMILES string of the molecule is CC[C@H](CO)NC. The molecule has 0 aliphatic rings. The highest BCUT2D eigenvalue weighted by Gasteiger charge is 1.95. The van der Waals surface area contributed by atoms with Crippen LogP contribution in [-0.4, -0.2) is 24.8 Å². The lowest BCUT2D eigenvalue weighted by molar-refractivity contribution is 0.245. The van der Waals surface area contributed by atoms with Crippen LogP contribution in [0.25, 0.3) is 0 Å². The van der Waals surface area contributed by atoms with Crippen molar-refractivity contribution in [1.82, 2.24) is 5.32 Å². The van der Waals surface area contributed by atoms with Gasteiger partial charge in [0.15, 0.2) is 0 Å². The molecule has 44 valence electrons. The Bertz CT molecular complexity index is 29.6. The monoisotopic (exact) mass is 103 g/mol. The van der Waals surface area contributed by atoms with Crippen LogP contribution in [0.1, 0.15) is 13.3 Å². The molecule has 0 aliphatic carbocycles. The minimum absolute atomic E-state index is 0.243. The summed E-state index contributed by atoms with van der Waals surface area (Å²) in [7, 11) is 1.85. The van der Waals surface area contributed by atoms with Gasteiger partial charge in [0.2, 0.25) is 0 Å². The number of rotatable bonds is 3. The molecule has 2 N–H and O–H groups in total. The molecular formula is C5H13NO. The van der Waals surface area contributed by atoms with Crippen molar-refractivity contribution in [1.29, 1.82) is 0 Å². The fourth-order valence-corrected chi connectivity index (χ4v) is 0.425. The molecule has 2 nitrogen and oxygen atoms in total. The molecule has 0 fully saturated rings. The Morgan fingerprint density at radius 2 is 2.29 bits per heavy atom. The summed E-state index contributed by atoms with van der Waals surface area (Å²) in [6, 6.07) is 0.292. The lowest BCUT2D eigenvalue weighted by Gasteiger charge is -2.07. The van der Waals surface area contributed by atoms with Gasteiger partial charge in [0.25, 0.3) is 0 Å². The maximum atomic E-state index is 8.46. The molecule has 0 aromatic carbocycles. The molecule has 0 radical (unpaired) electrons. The summed E-state index contributed by atoms with van der Waals surface area (Å²) in [6.45, 7) is 2.28. The number of nitrogens with one attached hydrogen (secondary N) is 1. The molecule has 0 spiro atoms. The van der Waals surface area contributed by atoms with E-state index in [0.29, 0.717) is 6.04 Å². The van der Waals surface area contributed by atoms with Crippen LogP contribution < -0.4 is 5.32 Å². The van der Waals surface area contributed by atoms with E-state index in [1.807, 2.05) is 14.0 Å². The Labute approximate surface area is 44.5 Å². The van der Waals surface area contributed by atoms with Crippen molar-refractivity contribution in [3.63, 3.8) is 0 Å². The van der Waals surface area contributed by atoms with Crippen molar-refractivity contribution < 1.29 is 5.11 Å². The van der Waals surface area contributed by atoms with Crippen LogP contribution in [0.2, 0.25) is 0 Å². The molecule has 1 atom stereocenters. The molecule has 0 bridgehead atoms. The highest BCUT2D eigenvalue weighted by atomic mass is 16.3. The Morgan fingerprint density at radius 1 is 1.71 bits per heavy atom. The van der Waals surface area contributed by atoms with Gasteiger partial charge in [0.05, 0.1) is 6.61 Å². The van der Waals surface area contributed by atoms with Crippen molar-refractivity contribution in [3.05, 3.63) is 0 Å². The van der Waals surface area contributed by atoms with Gasteiger partial charge in [-0.2, -0.15) is 0 Å². The normalized spacial score (nSPS) is 14.1. The molecular weight excluding hydrogens is 90.1 g/mol. The fraction of sp³-hybridized carbons (Fsp3) is 1.00. The van der Waals surface area contributed by atoms with E-state index in [1.54, 1.807) is 0 Å². The molecule has 7 heavy (non-hydrogen) atoms. The summed E-state index contributed by atoms with van der Waals surface area (Å²) in [5.41, 5.74) is 0. The predicted octanol–water partition coefficient (Wildman–Crippen LogP) is -0.0233. The van der Waals surface area contributed by atoms with E-state index >= 15 is 0 Å². The second-order valence-electron chi connectivity index (χ2n) is 1.58. The van der Waals surface area contributed by atoms with E-state index in [4.69, 9.17) is 5.11 Å². The number of likely N-dealkylation sites (N-methyl/N-ethyl adjacent to an activating group) is 1. The predicted molar refractivity (Wildman–Crippen MR) is 30.2 cm³/mol. The van der Waals surface area contributed by atoms with Crippen LogP contribution in [0.5, 0.6) is 0 Å².